The molecule has 1 aromatic heterocycles. The number of ether oxygens (including phenoxy) is 1. The van der Waals surface area contributed by atoms with Gasteiger partial charge in [0.2, 0.25) is 5.95 Å². The number of aryl methyl sites for hydroxylation is 1. The van der Waals surface area contributed by atoms with Gasteiger partial charge in [-0.25, -0.2) is 9.78 Å². The van der Waals surface area contributed by atoms with Crippen molar-refractivity contribution in [2.45, 2.75) is 26.3 Å². The summed E-state index contributed by atoms with van der Waals surface area (Å²) in [4.78, 5) is 23.2. The fourth-order valence-corrected chi connectivity index (χ4v) is 3.55. The number of fused-ring (bicyclic) bond motifs is 1. The van der Waals surface area contributed by atoms with Crippen LogP contribution in [0.1, 0.15) is 28.5 Å². The first kappa shape index (κ1) is 18.0. The molecule has 0 radical (unpaired) electrons. The molecule has 0 saturated carbocycles. The van der Waals surface area contributed by atoms with Gasteiger partial charge in [0.15, 0.2) is 0 Å². The van der Waals surface area contributed by atoms with E-state index in [1.807, 2.05) is 31.2 Å². The molecule has 142 valence electrons. The Bertz CT molecular complexity index is 1020. The van der Waals surface area contributed by atoms with Crippen LogP contribution in [0.4, 0.5) is 23.1 Å². The van der Waals surface area contributed by atoms with Crippen LogP contribution in [0.3, 0.4) is 0 Å². The first-order valence-corrected chi connectivity index (χ1v) is 9.23. The number of rotatable bonds is 4. The van der Waals surface area contributed by atoms with E-state index < -0.39 is 0 Å². The van der Waals surface area contributed by atoms with Gasteiger partial charge < -0.3 is 15.0 Å². The van der Waals surface area contributed by atoms with Gasteiger partial charge in [-0.3, -0.25) is 0 Å². The van der Waals surface area contributed by atoms with E-state index in [1.54, 1.807) is 12.1 Å². The summed E-state index contributed by atoms with van der Waals surface area (Å²) in [5, 5.41) is 3.30. The predicted octanol–water partition coefficient (Wildman–Crippen LogP) is 4.40. The molecule has 3 aromatic rings. The third-order valence-electron chi connectivity index (χ3n) is 4.84. The molecule has 0 aliphatic carbocycles. The summed E-state index contributed by atoms with van der Waals surface area (Å²) in [6, 6.07) is 17.7. The van der Waals surface area contributed by atoms with Gasteiger partial charge in [0, 0.05) is 29.2 Å². The lowest BCUT2D eigenvalue weighted by Gasteiger charge is -2.23. The maximum atomic E-state index is 11.6. The van der Waals surface area contributed by atoms with Crippen molar-refractivity contribution in [2.75, 3.05) is 17.3 Å². The molecule has 1 aliphatic rings. The SMILES string of the molecule is COC(=O)c1ccc(Nc2cc(C)nc(N3c4ccccc4CC3C)n2)cc1. The predicted molar refractivity (Wildman–Crippen MR) is 110 cm³/mol. The Morgan fingerprint density at radius 1 is 1.14 bits per heavy atom. The lowest BCUT2D eigenvalue weighted by Crippen LogP contribution is -2.26. The molecular weight excluding hydrogens is 352 g/mol. The van der Waals surface area contributed by atoms with Crippen molar-refractivity contribution in [3.8, 4) is 0 Å². The van der Waals surface area contributed by atoms with Gasteiger partial charge in [-0.2, -0.15) is 4.98 Å². The van der Waals surface area contributed by atoms with E-state index in [2.05, 4.69) is 40.3 Å². The minimum atomic E-state index is -0.353. The molecule has 1 N–H and O–H groups in total. The highest BCUT2D eigenvalue weighted by atomic mass is 16.5. The van der Waals surface area contributed by atoms with Gasteiger partial charge >= 0.3 is 5.97 Å². The average molecular weight is 374 g/mol. The number of para-hydroxylation sites is 1. The van der Waals surface area contributed by atoms with E-state index in [9.17, 15) is 4.79 Å². The zero-order chi connectivity index (χ0) is 19.7. The molecule has 4 rings (SSSR count). The molecule has 2 aromatic carbocycles. The minimum absolute atomic E-state index is 0.298. The Morgan fingerprint density at radius 2 is 1.89 bits per heavy atom. The number of carbonyl (C=O) groups is 1. The third-order valence-corrected chi connectivity index (χ3v) is 4.84. The maximum absolute atomic E-state index is 11.6. The van der Waals surface area contributed by atoms with E-state index in [1.165, 1.54) is 12.7 Å². The van der Waals surface area contributed by atoms with Gasteiger partial charge in [-0.15, -0.1) is 0 Å². The molecule has 0 saturated heterocycles. The smallest absolute Gasteiger partial charge is 0.337 e. The van der Waals surface area contributed by atoms with E-state index in [0.29, 0.717) is 23.4 Å². The number of carbonyl (C=O) groups excluding carboxylic acids is 1. The Kier molecular flexibility index (Phi) is 4.69. The normalized spacial score (nSPS) is 15.2. The van der Waals surface area contributed by atoms with Crippen molar-refractivity contribution < 1.29 is 9.53 Å². The van der Waals surface area contributed by atoms with Crippen molar-refractivity contribution in [1.29, 1.82) is 0 Å². The summed E-state index contributed by atoms with van der Waals surface area (Å²) in [5.41, 5.74) is 4.71. The second-order valence-corrected chi connectivity index (χ2v) is 6.94. The number of nitrogens with zero attached hydrogens (tertiary/aromatic N) is 3. The van der Waals surface area contributed by atoms with Crippen LogP contribution in [-0.4, -0.2) is 29.1 Å². The summed E-state index contributed by atoms with van der Waals surface area (Å²) in [6.45, 7) is 4.15. The van der Waals surface area contributed by atoms with E-state index >= 15 is 0 Å². The molecule has 2 heterocycles. The molecular formula is C22H22N4O2. The molecule has 0 amide bonds. The first-order valence-electron chi connectivity index (χ1n) is 9.23. The largest absolute Gasteiger partial charge is 0.465 e. The molecule has 6 heteroatoms. The second kappa shape index (κ2) is 7.31. The van der Waals surface area contributed by atoms with Gasteiger partial charge in [0.25, 0.3) is 0 Å². The molecule has 1 unspecified atom stereocenters. The van der Waals surface area contributed by atoms with Crippen molar-refractivity contribution in [1.82, 2.24) is 9.97 Å². The highest BCUT2D eigenvalue weighted by Gasteiger charge is 2.29. The summed E-state index contributed by atoms with van der Waals surface area (Å²) in [7, 11) is 1.37. The van der Waals surface area contributed by atoms with Crippen LogP contribution < -0.4 is 10.2 Å². The van der Waals surface area contributed by atoms with Crippen LogP contribution in [0.25, 0.3) is 0 Å². The van der Waals surface area contributed by atoms with Crippen molar-refractivity contribution >= 4 is 29.1 Å². The molecule has 0 spiro atoms. The molecule has 1 atom stereocenters. The first-order chi connectivity index (χ1) is 13.5. The molecule has 0 fully saturated rings. The molecule has 28 heavy (non-hydrogen) atoms. The van der Waals surface area contributed by atoms with Crippen LogP contribution in [0.2, 0.25) is 0 Å². The number of aromatic nitrogens is 2. The topological polar surface area (TPSA) is 67.3 Å². The van der Waals surface area contributed by atoms with Crippen molar-refractivity contribution in [2.24, 2.45) is 0 Å². The van der Waals surface area contributed by atoms with Gasteiger partial charge in [0.1, 0.15) is 5.82 Å². The molecule has 6 nitrogen and oxygen atoms in total. The quantitative estimate of drug-likeness (QED) is 0.683. The number of hydrogen-bond acceptors (Lipinski definition) is 6. The summed E-state index contributed by atoms with van der Waals surface area (Å²) < 4.78 is 4.74. The third kappa shape index (κ3) is 3.41. The number of benzene rings is 2. The number of methoxy groups -OCH3 is 1. The van der Waals surface area contributed by atoms with Gasteiger partial charge in [-0.05, 0) is 56.2 Å². The van der Waals surface area contributed by atoms with Crippen molar-refractivity contribution in [3.63, 3.8) is 0 Å². The Labute approximate surface area is 164 Å². The zero-order valence-corrected chi connectivity index (χ0v) is 16.1. The molecule has 0 bridgehead atoms. The number of anilines is 4. The average Bonchev–Trinajstić information content (AvgIpc) is 3.03. The standard InChI is InChI=1S/C22H22N4O2/c1-14-12-20(24-18-10-8-16(9-11-18)21(27)28-3)25-22(23-14)26-15(2)13-17-6-4-5-7-19(17)26/h4-12,15H,13H2,1-3H3,(H,23,24,25). The summed E-state index contributed by atoms with van der Waals surface area (Å²) in [5.74, 6) is 1.05. The lowest BCUT2D eigenvalue weighted by atomic mass is 10.1. The van der Waals surface area contributed by atoms with Crippen LogP contribution in [0.5, 0.6) is 0 Å². The van der Waals surface area contributed by atoms with Crippen LogP contribution in [-0.2, 0) is 11.2 Å². The van der Waals surface area contributed by atoms with E-state index in [0.717, 1.165) is 23.5 Å². The maximum Gasteiger partial charge on any atom is 0.337 e. The fraction of sp³-hybridized carbons (Fsp3) is 0.227. The molecule has 1 aliphatic heterocycles. The fourth-order valence-electron chi connectivity index (χ4n) is 3.55. The second-order valence-electron chi connectivity index (χ2n) is 6.94. The van der Waals surface area contributed by atoms with Crippen molar-refractivity contribution in [3.05, 3.63) is 71.4 Å². The highest BCUT2D eigenvalue weighted by Crippen LogP contribution is 2.36. The van der Waals surface area contributed by atoms with Crippen LogP contribution in [0, 0.1) is 6.92 Å². The Balaban J connectivity index is 1.62. The highest BCUT2D eigenvalue weighted by molar-refractivity contribution is 5.89. The van der Waals surface area contributed by atoms with Crippen LogP contribution >= 0.6 is 0 Å². The summed E-state index contributed by atoms with van der Waals surface area (Å²) >= 11 is 0. The zero-order valence-electron chi connectivity index (χ0n) is 16.1. The lowest BCUT2D eigenvalue weighted by molar-refractivity contribution is 0.0601. The van der Waals surface area contributed by atoms with Crippen LogP contribution in [0.15, 0.2) is 54.6 Å². The monoisotopic (exact) mass is 374 g/mol. The Hall–Kier alpha value is -3.41. The van der Waals surface area contributed by atoms with Gasteiger partial charge in [-0.1, -0.05) is 18.2 Å². The summed E-state index contributed by atoms with van der Waals surface area (Å²) in [6.07, 6.45) is 0.977. The Morgan fingerprint density at radius 3 is 2.64 bits per heavy atom. The van der Waals surface area contributed by atoms with E-state index in [-0.39, 0.29) is 5.97 Å². The number of hydrogen-bond donors (Lipinski definition) is 1. The number of nitrogens with one attached hydrogen (secondary N) is 1. The van der Waals surface area contributed by atoms with Gasteiger partial charge in [0.05, 0.1) is 12.7 Å². The number of esters is 1. The van der Waals surface area contributed by atoms with E-state index in [4.69, 9.17) is 9.72 Å². The minimum Gasteiger partial charge on any atom is -0.465 e.